The lowest BCUT2D eigenvalue weighted by atomic mass is 9.71. The van der Waals surface area contributed by atoms with Crippen molar-refractivity contribution in [2.75, 3.05) is 13.2 Å². The Morgan fingerprint density at radius 2 is 1.88 bits per heavy atom. The molecule has 6 nitrogen and oxygen atoms in total. The summed E-state index contributed by atoms with van der Waals surface area (Å²) in [6.07, 6.45) is -0.944. The Morgan fingerprint density at radius 3 is 2.56 bits per heavy atom. The second kappa shape index (κ2) is 8.11. The molecule has 0 radical (unpaired) electrons. The van der Waals surface area contributed by atoms with Gasteiger partial charge in [0.15, 0.2) is 5.78 Å². The average molecular weight is 437 g/mol. The molecule has 1 unspecified atom stereocenters. The van der Waals surface area contributed by atoms with Crippen LogP contribution < -0.4 is 9.47 Å². The number of rotatable bonds is 7. The number of carbonyl (C=O) groups is 1. The zero-order chi connectivity index (χ0) is 23.2. The van der Waals surface area contributed by atoms with Gasteiger partial charge in [-0.2, -0.15) is 0 Å². The zero-order valence-corrected chi connectivity index (χ0v) is 18.8. The van der Waals surface area contributed by atoms with Crippen molar-refractivity contribution < 1.29 is 28.9 Å². The Hall–Kier alpha value is -3.09. The van der Waals surface area contributed by atoms with Crippen molar-refractivity contribution in [2.45, 2.75) is 45.3 Å². The minimum atomic E-state index is -0.977. The molecule has 0 spiro atoms. The van der Waals surface area contributed by atoms with E-state index in [4.69, 9.17) is 19.0 Å². The third-order valence-electron chi connectivity index (χ3n) is 5.82. The van der Waals surface area contributed by atoms with Crippen LogP contribution in [0.4, 0.5) is 0 Å². The Labute approximate surface area is 187 Å². The Morgan fingerprint density at radius 1 is 1.16 bits per heavy atom. The van der Waals surface area contributed by atoms with E-state index in [1.165, 1.54) is 0 Å². The van der Waals surface area contributed by atoms with Crippen molar-refractivity contribution in [3.8, 4) is 11.5 Å². The van der Waals surface area contributed by atoms with Crippen LogP contribution in [0, 0.1) is 0 Å². The normalized spacial score (nSPS) is 15.4. The first kappa shape index (κ1) is 22.1. The highest BCUT2D eigenvalue weighted by Gasteiger charge is 2.41. The van der Waals surface area contributed by atoms with E-state index in [0.29, 0.717) is 34.0 Å². The van der Waals surface area contributed by atoms with E-state index in [1.54, 1.807) is 12.1 Å². The van der Waals surface area contributed by atoms with Gasteiger partial charge in [-0.3, -0.25) is 4.79 Å². The number of hydrogen-bond acceptors (Lipinski definition) is 6. The van der Waals surface area contributed by atoms with E-state index in [2.05, 4.69) is 6.58 Å². The molecule has 1 atom stereocenters. The fourth-order valence-electron chi connectivity index (χ4n) is 4.07. The molecule has 4 rings (SSSR count). The van der Waals surface area contributed by atoms with Crippen LogP contribution in [0.3, 0.4) is 0 Å². The molecular weight excluding hydrogens is 408 g/mol. The summed E-state index contributed by atoms with van der Waals surface area (Å²) in [6.45, 7) is 11.2. The zero-order valence-electron chi connectivity index (χ0n) is 18.8. The molecule has 0 fully saturated rings. The smallest absolute Gasteiger partial charge is 0.197 e. The predicted molar refractivity (Wildman–Crippen MR) is 122 cm³/mol. The molecule has 1 aliphatic carbocycles. The molecule has 3 aromatic rings. The molecule has 32 heavy (non-hydrogen) atoms. The van der Waals surface area contributed by atoms with Gasteiger partial charge in [-0.15, -0.1) is 0 Å². The van der Waals surface area contributed by atoms with Gasteiger partial charge in [0, 0.05) is 22.4 Å². The molecule has 1 aliphatic rings. The molecule has 0 aliphatic heterocycles. The summed E-state index contributed by atoms with van der Waals surface area (Å²) >= 11 is 0. The predicted octanol–water partition coefficient (Wildman–Crippen LogP) is 4.38. The topological polar surface area (TPSA) is 89.1 Å². The van der Waals surface area contributed by atoms with Gasteiger partial charge in [-0.25, -0.2) is 0 Å². The van der Waals surface area contributed by atoms with Crippen LogP contribution in [0.15, 0.2) is 53.0 Å². The molecule has 1 heterocycles. The molecule has 6 heteroatoms. The van der Waals surface area contributed by atoms with Crippen LogP contribution in [0.2, 0.25) is 0 Å². The summed E-state index contributed by atoms with van der Waals surface area (Å²) in [5.41, 5.74) is 2.29. The number of ketones is 1. The highest BCUT2D eigenvalue weighted by atomic mass is 16.5. The molecule has 2 N–H and O–H groups in total. The monoisotopic (exact) mass is 436 g/mol. The maximum Gasteiger partial charge on any atom is 0.197 e. The lowest BCUT2D eigenvalue weighted by Gasteiger charge is -2.31. The lowest BCUT2D eigenvalue weighted by molar-refractivity contribution is 0.102. The molecular formula is C26H28O6. The number of aliphatic hydroxyl groups excluding tert-OH is 2. The second-order valence-corrected chi connectivity index (χ2v) is 8.94. The first-order valence-corrected chi connectivity index (χ1v) is 10.7. The van der Waals surface area contributed by atoms with Crippen molar-refractivity contribution in [1.82, 2.24) is 0 Å². The molecule has 0 saturated heterocycles. The maximum absolute atomic E-state index is 13.4. The summed E-state index contributed by atoms with van der Waals surface area (Å²) in [6, 6.07) is 10.8. The van der Waals surface area contributed by atoms with Crippen molar-refractivity contribution in [1.29, 1.82) is 0 Å². The van der Waals surface area contributed by atoms with Crippen LogP contribution in [0.1, 0.15) is 54.9 Å². The number of benzene rings is 2. The van der Waals surface area contributed by atoms with E-state index in [0.717, 1.165) is 10.9 Å². The first-order valence-electron chi connectivity index (χ1n) is 10.7. The number of carbonyl (C=O) groups excluding carboxylic acids is 1. The number of aliphatic hydroxyl groups is 2. The fraction of sp³-hybridized carbons (Fsp3) is 0.346. The van der Waals surface area contributed by atoms with Gasteiger partial charge < -0.3 is 24.1 Å². The lowest BCUT2D eigenvalue weighted by Crippen LogP contribution is -2.29. The van der Waals surface area contributed by atoms with Crippen LogP contribution in [0.25, 0.3) is 11.0 Å². The Bertz CT molecular complexity index is 1200. The van der Waals surface area contributed by atoms with E-state index in [-0.39, 0.29) is 30.7 Å². The van der Waals surface area contributed by atoms with Gasteiger partial charge in [0.1, 0.15) is 35.6 Å². The third-order valence-corrected chi connectivity index (χ3v) is 5.82. The number of ether oxygens (including phenoxy) is 2. The molecule has 1 aromatic heterocycles. The first-order chi connectivity index (χ1) is 15.1. The SMILES string of the molecule is C=C(CO)C(O)COc1ccc2c(c1)C(C)(C)c1oc3cc(OC(C)C)ccc3c1C2=O. The van der Waals surface area contributed by atoms with Gasteiger partial charge in [0.2, 0.25) is 0 Å². The summed E-state index contributed by atoms with van der Waals surface area (Å²) in [5.74, 6) is 1.73. The van der Waals surface area contributed by atoms with Crippen LogP contribution >= 0.6 is 0 Å². The van der Waals surface area contributed by atoms with E-state index >= 15 is 0 Å². The minimum absolute atomic E-state index is 0.0332. The molecule has 0 amide bonds. The standard InChI is InChI=1S/C26H28O6/c1-14(2)31-17-7-9-19-22(11-17)32-25-23(19)24(29)18-8-6-16(10-20(18)26(25,4)5)30-13-21(28)15(3)12-27/h6-11,14,21,27-28H,3,12-13H2,1-2,4-5H3. The maximum atomic E-state index is 13.4. The van der Waals surface area contributed by atoms with E-state index < -0.39 is 11.5 Å². The number of fused-ring (bicyclic) bond motifs is 4. The van der Waals surface area contributed by atoms with E-state index in [9.17, 15) is 9.90 Å². The van der Waals surface area contributed by atoms with Crippen molar-refractivity contribution in [3.05, 3.63) is 71.0 Å². The van der Waals surface area contributed by atoms with Crippen LogP contribution in [-0.2, 0) is 5.41 Å². The number of furan rings is 1. The fourth-order valence-corrected chi connectivity index (χ4v) is 4.07. The van der Waals surface area contributed by atoms with Crippen LogP contribution in [0.5, 0.6) is 11.5 Å². The van der Waals surface area contributed by atoms with Crippen molar-refractivity contribution in [2.24, 2.45) is 0 Å². The Kier molecular flexibility index (Phi) is 5.61. The van der Waals surface area contributed by atoms with Gasteiger partial charge in [0.25, 0.3) is 0 Å². The van der Waals surface area contributed by atoms with Gasteiger partial charge in [-0.05, 0) is 69.2 Å². The second-order valence-electron chi connectivity index (χ2n) is 8.94. The molecule has 168 valence electrons. The van der Waals surface area contributed by atoms with Crippen molar-refractivity contribution in [3.63, 3.8) is 0 Å². The Balaban J connectivity index is 1.72. The van der Waals surface area contributed by atoms with Gasteiger partial charge in [0.05, 0.1) is 18.3 Å². The highest BCUT2D eigenvalue weighted by molar-refractivity contribution is 6.19. The summed E-state index contributed by atoms with van der Waals surface area (Å²) < 4.78 is 17.7. The largest absolute Gasteiger partial charge is 0.491 e. The summed E-state index contributed by atoms with van der Waals surface area (Å²) in [7, 11) is 0. The van der Waals surface area contributed by atoms with Crippen LogP contribution in [-0.4, -0.2) is 41.4 Å². The summed E-state index contributed by atoms with van der Waals surface area (Å²) in [4.78, 5) is 13.4. The molecule has 0 saturated carbocycles. The quantitative estimate of drug-likeness (QED) is 0.535. The highest BCUT2D eigenvalue weighted by Crippen LogP contribution is 2.46. The van der Waals surface area contributed by atoms with Gasteiger partial charge >= 0.3 is 0 Å². The minimum Gasteiger partial charge on any atom is -0.491 e. The summed E-state index contributed by atoms with van der Waals surface area (Å²) in [5, 5.41) is 19.9. The van der Waals surface area contributed by atoms with E-state index in [1.807, 2.05) is 52.0 Å². The van der Waals surface area contributed by atoms with Gasteiger partial charge in [-0.1, -0.05) is 6.58 Å². The van der Waals surface area contributed by atoms with Crippen molar-refractivity contribution >= 4 is 16.8 Å². The number of hydrogen-bond donors (Lipinski definition) is 2. The third kappa shape index (κ3) is 3.70. The molecule has 0 bridgehead atoms. The average Bonchev–Trinajstić information content (AvgIpc) is 3.15. The molecule has 2 aromatic carbocycles.